The van der Waals surface area contributed by atoms with E-state index in [-0.39, 0.29) is 0 Å². The molecule has 0 aliphatic heterocycles. The highest BCUT2D eigenvalue weighted by Gasteiger charge is 2.43. The Kier molecular flexibility index (Phi) is 5.96. The van der Waals surface area contributed by atoms with Crippen LogP contribution in [0.25, 0.3) is 0 Å². The van der Waals surface area contributed by atoms with E-state index >= 15 is 0 Å². The fourth-order valence-electron chi connectivity index (χ4n) is 2.53. The summed E-state index contributed by atoms with van der Waals surface area (Å²) in [5.41, 5.74) is 0.545. The lowest BCUT2D eigenvalue weighted by atomic mass is 9.83. The maximum absolute atomic E-state index is 11.4. The lowest BCUT2D eigenvalue weighted by molar-refractivity contribution is 0.0937. The van der Waals surface area contributed by atoms with Gasteiger partial charge in [0.2, 0.25) is 0 Å². The molecule has 1 atom stereocenters. The van der Waals surface area contributed by atoms with Gasteiger partial charge in [0.25, 0.3) is 0 Å². The Morgan fingerprint density at radius 1 is 1.00 bits per heavy atom. The van der Waals surface area contributed by atoms with Gasteiger partial charge >= 0.3 is 8.25 Å². The summed E-state index contributed by atoms with van der Waals surface area (Å²) in [5, 5.41) is 1.19. The molecule has 0 bridgehead atoms. The second-order valence-electron chi connectivity index (χ2n) is 4.92. The van der Waals surface area contributed by atoms with Crippen molar-refractivity contribution in [3.05, 3.63) is 69.7 Å². The lowest BCUT2D eigenvalue weighted by Gasteiger charge is -2.28. The zero-order chi connectivity index (χ0) is 16.2. The molecular formula is C16H16Cl2O3P+. The second kappa shape index (κ2) is 7.54. The van der Waals surface area contributed by atoms with Gasteiger partial charge in [-0.2, -0.15) is 0 Å². The molecule has 0 aromatic heterocycles. The Balaban J connectivity index is 2.61. The monoisotopic (exact) mass is 357 g/mol. The van der Waals surface area contributed by atoms with Crippen molar-refractivity contribution in [3.63, 3.8) is 0 Å². The fraction of sp³-hybridized carbons (Fsp3) is 0.250. The maximum atomic E-state index is 11.4. The van der Waals surface area contributed by atoms with Gasteiger partial charge in [0, 0.05) is 14.6 Å². The topological polar surface area (TPSA) is 46.5 Å². The Hall–Kier alpha value is -0.960. The van der Waals surface area contributed by atoms with Gasteiger partial charge < -0.3 is 0 Å². The molecule has 22 heavy (non-hydrogen) atoms. The Morgan fingerprint density at radius 2 is 1.41 bits per heavy atom. The van der Waals surface area contributed by atoms with Crippen LogP contribution in [0.2, 0.25) is 10.0 Å². The third-order valence-corrected chi connectivity index (χ3v) is 4.43. The molecule has 2 aromatic carbocycles. The van der Waals surface area contributed by atoms with Crippen molar-refractivity contribution < 1.29 is 14.0 Å². The molecule has 6 heteroatoms. The largest absolute Gasteiger partial charge is 0.695 e. The van der Waals surface area contributed by atoms with E-state index in [1.165, 1.54) is 0 Å². The van der Waals surface area contributed by atoms with Crippen LogP contribution in [0.4, 0.5) is 0 Å². The molecule has 2 aromatic rings. The summed E-state index contributed by atoms with van der Waals surface area (Å²) < 4.78 is 17.0. The zero-order valence-electron chi connectivity index (χ0n) is 12.0. The van der Waals surface area contributed by atoms with Crippen LogP contribution in [-0.2, 0) is 14.7 Å². The molecule has 1 unspecified atom stereocenters. The molecule has 2 rings (SSSR count). The summed E-state index contributed by atoms with van der Waals surface area (Å²) in [6.07, 6.45) is 1.33. The first-order valence-electron chi connectivity index (χ1n) is 6.85. The number of hydrogen-bond donors (Lipinski definition) is 1. The smallest absolute Gasteiger partial charge is 0.133 e. The number of benzene rings is 2. The molecular weight excluding hydrogens is 342 g/mol. The van der Waals surface area contributed by atoms with Gasteiger partial charge in [0.15, 0.2) is 5.60 Å². The summed E-state index contributed by atoms with van der Waals surface area (Å²) in [6.45, 7) is 1.99. The van der Waals surface area contributed by atoms with E-state index in [9.17, 15) is 9.46 Å². The summed E-state index contributed by atoms with van der Waals surface area (Å²) >= 11 is 11.9. The SMILES string of the molecule is CCCC(O[P+](=O)O)(c1ccc(Cl)cc1)c1ccc(Cl)cc1. The minimum Gasteiger partial charge on any atom is -0.133 e. The predicted molar refractivity (Wildman–Crippen MR) is 89.5 cm³/mol. The average molecular weight is 358 g/mol. The first kappa shape index (κ1) is 17.4. The lowest BCUT2D eigenvalue weighted by Crippen LogP contribution is -2.29. The van der Waals surface area contributed by atoms with E-state index in [0.717, 1.165) is 17.5 Å². The number of rotatable bonds is 6. The van der Waals surface area contributed by atoms with E-state index in [4.69, 9.17) is 27.7 Å². The van der Waals surface area contributed by atoms with Crippen molar-refractivity contribution in [3.8, 4) is 0 Å². The van der Waals surface area contributed by atoms with Gasteiger partial charge in [-0.15, -0.1) is 9.42 Å². The van der Waals surface area contributed by atoms with Crippen molar-refractivity contribution >= 4 is 31.5 Å². The zero-order valence-corrected chi connectivity index (χ0v) is 14.4. The van der Waals surface area contributed by atoms with Crippen molar-refractivity contribution in [2.24, 2.45) is 0 Å². The molecule has 3 nitrogen and oxygen atoms in total. The third kappa shape index (κ3) is 3.87. The summed E-state index contributed by atoms with van der Waals surface area (Å²) in [7, 11) is -2.78. The van der Waals surface area contributed by atoms with Crippen LogP contribution in [-0.4, -0.2) is 4.89 Å². The van der Waals surface area contributed by atoms with Crippen LogP contribution >= 0.6 is 31.5 Å². The standard InChI is InChI=1S/C16H15Cl2O3P/c1-2-11-16(21-22(19)20,12-3-7-14(17)8-4-12)13-5-9-15(18)10-6-13/h3-10H,2,11H2,1H3/p+1. The van der Waals surface area contributed by atoms with E-state index in [1.54, 1.807) is 24.3 Å². The molecule has 0 saturated heterocycles. The minimum absolute atomic E-state index is 0.553. The Bertz CT molecular complexity index is 596. The number of halogens is 2. The molecule has 0 saturated carbocycles. The molecule has 0 amide bonds. The Morgan fingerprint density at radius 3 is 1.73 bits per heavy atom. The van der Waals surface area contributed by atoms with Crippen LogP contribution in [0.5, 0.6) is 0 Å². The molecule has 0 fully saturated rings. The van der Waals surface area contributed by atoms with Gasteiger partial charge in [-0.1, -0.05) is 60.8 Å². The highest BCUT2D eigenvalue weighted by Crippen LogP contribution is 2.44. The molecule has 116 valence electrons. The van der Waals surface area contributed by atoms with Crippen molar-refractivity contribution in [1.82, 2.24) is 0 Å². The molecule has 0 spiro atoms. The van der Waals surface area contributed by atoms with E-state index < -0.39 is 13.9 Å². The third-order valence-electron chi connectivity index (χ3n) is 3.46. The molecule has 1 N–H and O–H groups in total. The van der Waals surface area contributed by atoms with Crippen LogP contribution in [0.3, 0.4) is 0 Å². The summed E-state index contributed by atoms with van der Waals surface area (Å²) in [4.78, 5) is 9.38. The van der Waals surface area contributed by atoms with Crippen LogP contribution in [0.1, 0.15) is 30.9 Å². The highest BCUT2D eigenvalue weighted by molar-refractivity contribution is 7.32. The molecule has 0 radical (unpaired) electrons. The second-order valence-corrected chi connectivity index (χ2v) is 6.45. The quantitative estimate of drug-likeness (QED) is 0.674. The van der Waals surface area contributed by atoms with Crippen molar-refractivity contribution in [2.45, 2.75) is 25.4 Å². The first-order chi connectivity index (χ1) is 10.5. The number of hydrogen-bond acceptors (Lipinski definition) is 2. The van der Waals surface area contributed by atoms with E-state index in [2.05, 4.69) is 0 Å². The summed E-state index contributed by atoms with van der Waals surface area (Å²) in [6, 6.07) is 14.2. The minimum atomic E-state index is -2.78. The van der Waals surface area contributed by atoms with Gasteiger partial charge in [-0.3, -0.25) is 0 Å². The van der Waals surface area contributed by atoms with Crippen molar-refractivity contribution in [2.75, 3.05) is 0 Å². The van der Waals surface area contributed by atoms with Gasteiger partial charge in [0.1, 0.15) is 0 Å². The van der Waals surface area contributed by atoms with E-state index in [1.807, 2.05) is 31.2 Å². The van der Waals surface area contributed by atoms with Gasteiger partial charge in [0.05, 0.1) is 0 Å². The fourth-order valence-corrected chi connectivity index (χ4v) is 3.35. The van der Waals surface area contributed by atoms with Crippen LogP contribution in [0, 0.1) is 0 Å². The molecule has 0 aliphatic rings. The average Bonchev–Trinajstić information content (AvgIpc) is 2.47. The van der Waals surface area contributed by atoms with Gasteiger partial charge in [-0.25, -0.2) is 0 Å². The Labute approximate surface area is 140 Å². The van der Waals surface area contributed by atoms with Crippen LogP contribution < -0.4 is 0 Å². The van der Waals surface area contributed by atoms with Gasteiger partial charge in [-0.05, 0) is 41.8 Å². The summed E-state index contributed by atoms with van der Waals surface area (Å²) in [5.74, 6) is 0. The molecule has 0 heterocycles. The normalized spacial score (nSPS) is 12.3. The first-order valence-corrected chi connectivity index (χ1v) is 8.74. The highest BCUT2D eigenvalue weighted by atomic mass is 35.5. The predicted octanol–water partition coefficient (Wildman–Crippen LogP) is 5.70. The maximum Gasteiger partial charge on any atom is 0.695 e. The van der Waals surface area contributed by atoms with Crippen molar-refractivity contribution in [1.29, 1.82) is 0 Å². The van der Waals surface area contributed by atoms with Crippen LogP contribution in [0.15, 0.2) is 48.5 Å². The molecule has 0 aliphatic carbocycles. The van der Waals surface area contributed by atoms with E-state index in [0.29, 0.717) is 16.5 Å².